The summed E-state index contributed by atoms with van der Waals surface area (Å²) in [5, 5.41) is 4.79. The van der Waals surface area contributed by atoms with Crippen LogP contribution in [0.25, 0.3) is 0 Å². The lowest BCUT2D eigenvalue weighted by atomic mass is 10.1. The maximum Gasteiger partial charge on any atom is 0.398 e. The van der Waals surface area contributed by atoms with E-state index in [9.17, 15) is 18.0 Å². The fourth-order valence-electron chi connectivity index (χ4n) is 1.54. The lowest BCUT2D eigenvalue weighted by Crippen LogP contribution is -2.48. The van der Waals surface area contributed by atoms with Crippen LogP contribution < -0.4 is 10.6 Å². The summed E-state index contributed by atoms with van der Waals surface area (Å²) in [6.07, 6.45) is -3.00. The number of nitrogens with one attached hydrogen (secondary N) is 3. The molecule has 2 amide bonds. The van der Waals surface area contributed by atoms with E-state index in [0.29, 0.717) is 0 Å². The van der Waals surface area contributed by atoms with Crippen molar-refractivity contribution < 1.29 is 18.0 Å². The van der Waals surface area contributed by atoms with E-state index in [1.165, 1.54) is 18.3 Å². The van der Waals surface area contributed by atoms with Gasteiger partial charge in [0.15, 0.2) is 0 Å². The third-order valence-electron chi connectivity index (χ3n) is 2.35. The van der Waals surface area contributed by atoms with Crippen molar-refractivity contribution in [2.75, 3.05) is 6.54 Å². The highest BCUT2D eigenvalue weighted by atomic mass is 19.4. The third kappa shape index (κ3) is 5.23. The van der Waals surface area contributed by atoms with Crippen molar-refractivity contribution in [2.45, 2.75) is 38.4 Å². The Hall–Kier alpha value is -1.66. The smallest absolute Gasteiger partial charge is 0.364 e. The first-order valence-corrected chi connectivity index (χ1v) is 5.85. The van der Waals surface area contributed by atoms with Gasteiger partial charge in [-0.2, -0.15) is 13.2 Å². The van der Waals surface area contributed by atoms with Crippen LogP contribution in [0.2, 0.25) is 0 Å². The van der Waals surface area contributed by atoms with E-state index in [-0.39, 0.29) is 5.69 Å². The SMILES string of the molecule is CC(C)(C)NC(=O)NC[C@H](c1ccc[nH]1)C(F)(F)F. The van der Waals surface area contributed by atoms with E-state index in [2.05, 4.69) is 15.6 Å². The first-order chi connectivity index (χ1) is 8.59. The summed E-state index contributed by atoms with van der Waals surface area (Å²) in [5.41, 5.74) is -0.465. The van der Waals surface area contributed by atoms with E-state index in [1.54, 1.807) is 20.8 Å². The predicted octanol–water partition coefficient (Wildman–Crippen LogP) is 2.76. The molecule has 0 fully saturated rings. The molecule has 0 aliphatic rings. The number of carbonyl (C=O) groups is 1. The number of hydrogen-bond acceptors (Lipinski definition) is 1. The van der Waals surface area contributed by atoms with Crippen LogP contribution in [0.4, 0.5) is 18.0 Å². The molecule has 0 unspecified atom stereocenters. The number of urea groups is 1. The standard InChI is InChI=1S/C12H18F3N3O/c1-11(2,3)18-10(19)17-7-8(12(13,14)15)9-5-4-6-16-9/h4-6,8,16H,7H2,1-3H3,(H2,17,18,19)/t8-/m1/s1. The van der Waals surface area contributed by atoms with Gasteiger partial charge in [-0.15, -0.1) is 0 Å². The minimum absolute atomic E-state index is 0.0311. The summed E-state index contributed by atoms with van der Waals surface area (Å²) in [6.45, 7) is 4.74. The van der Waals surface area contributed by atoms with Crippen molar-refractivity contribution in [3.8, 4) is 0 Å². The second-order valence-corrected chi connectivity index (χ2v) is 5.30. The number of hydrogen-bond donors (Lipinski definition) is 3. The monoisotopic (exact) mass is 277 g/mol. The molecular weight excluding hydrogens is 259 g/mol. The van der Waals surface area contributed by atoms with E-state index >= 15 is 0 Å². The Balaban J connectivity index is 2.63. The highest BCUT2D eigenvalue weighted by Crippen LogP contribution is 2.33. The minimum atomic E-state index is -4.42. The van der Waals surface area contributed by atoms with Gasteiger partial charge in [0.1, 0.15) is 5.92 Å². The second kappa shape index (κ2) is 5.54. The summed E-state index contributed by atoms with van der Waals surface area (Å²) in [4.78, 5) is 14.0. The molecule has 1 aromatic rings. The third-order valence-corrected chi connectivity index (χ3v) is 2.35. The predicted molar refractivity (Wildman–Crippen MR) is 65.9 cm³/mol. The average Bonchev–Trinajstić information content (AvgIpc) is 2.65. The topological polar surface area (TPSA) is 56.9 Å². The molecular formula is C12H18F3N3O. The molecule has 0 spiro atoms. The number of H-pyrrole nitrogens is 1. The Morgan fingerprint density at radius 3 is 2.42 bits per heavy atom. The van der Waals surface area contributed by atoms with Gasteiger partial charge < -0.3 is 15.6 Å². The lowest BCUT2D eigenvalue weighted by Gasteiger charge is -2.23. The molecule has 1 atom stereocenters. The number of amides is 2. The summed E-state index contributed by atoms with van der Waals surface area (Å²) in [7, 11) is 0. The van der Waals surface area contributed by atoms with Crippen LogP contribution in [0.15, 0.2) is 18.3 Å². The second-order valence-electron chi connectivity index (χ2n) is 5.30. The normalized spacial score (nSPS) is 14.0. The number of rotatable bonds is 3. The fourth-order valence-corrected chi connectivity index (χ4v) is 1.54. The quantitative estimate of drug-likeness (QED) is 0.781. The van der Waals surface area contributed by atoms with Crippen molar-refractivity contribution >= 4 is 6.03 Å². The molecule has 4 nitrogen and oxygen atoms in total. The summed E-state index contributed by atoms with van der Waals surface area (Å²) in [5.74, 6) is -1.74. The van der Waals surface area contributed by atoms with Crippen molar-refractivity contribution in [1.82, 2.24) is 15.6 Å². The molecule has 108 valence electrons. The molecule has 1 rings (SSSR count). The molecule has 0 bridgehead atoms. The Morgan fingerprint density at radius 2 is 2.00 bits per heavy atom. The van der Waals surface area contributed by atoms with Crippen molar-refractivity contribution in [3.63, 3.8) is 0 Å². The Kier molecular flexibility index (Phi) is 4.49. The molecule has 1 aromatic heterocycles. The molecule has 0 aliphatic heterocycles. The van der Waals surface area contributed by atoms with Crippen LogP contribution in [0, 0.1) is 0 Å². The molecule has 19 heavy (non-hydrogen) atoms. The van der Waals surface area contributed by atoms with E-state index in [4.69, 9.17) is 0 Å². The van der Waals surface area contributed by atoms with Gasteiger partial charge in [-0.05, 0) is 32.9 Å². The Bertz CT molecular complexity index is 407. The zero-order valence-corrected chi connectivity index (χ0v) is 11.1. The molecule has 3 N–H and O–H groups in total. The van der Waals surface area contributed by atoms with Gasteiger partial charge in [-0.3, -0.25) is 0 Å². The lowest BCUT2D eigenvalue weighted by molar-refractivity contribution is -0.149. The molecule has 1 heterocycles. The molecule has 0 saturated carbocycles. The van der Waals surface area contributed by atoms with Crippen LogP contribution in [0.5, 0.6) is 0 Å². The summed E-state index contributed by atoms with van der Waals surface area (Å²) >= 11 is 0. The molecule has 0 aromatic carbocycles. The molecule has 0 aliphatic carbocycles. The average molecular weight is 277 g/mol. The first-order valence-electron chi connectivity index (χ1n) is 5.85. The number of aromatic nitrogens is 1. The Labute approximate surface area is 109 Å². The summed E-state index contributed by atoms with van der Waals surface area (Å²) < 4.78 is 38.6. The fraction of sp³-hybridized carbons (Fsp3) is 0.583. The molecule has 7 heteroatoms. The van der Waals surface area contributed by atoms with Gasteiger partial charge in [0.05, 0.1) is 0 Å². The molecule has 0 saturated heterocycles. The highest BCUT2D eigenvalue weighted by Gasteiger charge is 2.41. The maximum atomic E-state index is 12.9. The van der Waals surface area contributed by atoms with Crippen LogP contribution in [0.3, 0.4) is 0 Å². The maximum absolute atomic E-state index is 12.9. The van der Waals surface area contributed by atoms with Gasteiger partial charge in [-0.25, -0.2) is 4.79 Å². The number of halogens is 3. The van der Waals surface area contributed by atoms with Crippen LogP contribution >= 0.6 is 0 Å². The van der Waals surface area contributed by atoms with Crippen LogP contribution in [0.1, 0.15) is 32.4 Å². The van der Waals surface area contributed by atoms with Gasteiger partial charge in [0, 0.05) is 24.0 Å². The number of aromatic amines is 1. The Morgan fingerprint density at radius 1 is 1.37 bits per heavy atom. The number of alkyl halides is 3. The van der Waals surface area contributed by atoms with E-state index in [0.717, 1.165) is 0 Å². The number of carbonyl (C=O) groups excluding carboxylic acids is 1. The minimum Gasteiger partial charge on any atom is -0.364 e. The zero-order valence-electron chi connectivity index (χ0n) is 11.1. The van der Waals surface area contributed by atoms with Crippen molar-refractivity contribution in [1.29, 1.82) is 0 Å². The van der Waals surface area contributed by atoms with Gasteiger partial charge in [0.25, 0.3) is 0 Å². The zero-order chi connectivity index (χ0) is 14.7. The largest absolute Gasteiger partial charge is 0.398 e. The van der Waals surface area contributed by atoms with Gasteiger partial charge >= 0.3 is 12.2 Å². The summed E-state index contributed by atoms with van der Waals surface area (Å²) in [6, 6.07) is 2.22. The highest BCUT2D eigenvalue weighted by molar-refractivity contribution is 5.74. The van der Waals surface area contributed by atoms with Crippen molar-refractivity contribution in [2.24, 2.45) is 0 Å². The van der Waals surface area contributed by atoms with Crippen molar-refractivity contribution in [3.05, 3.63) is 24.0 Å². The van der Waals surface area contributed by atoms with E-state index in [1.807, 2.05) is 0 Å². The van der Waals surface area contributed by atoms with E-state index < -0.39 is 30.2 Å². The van der Waals surface area contributed by atoms with Crippen LogP contribution in [-0.2, 0) is 0 Å². The van der Waals surface area contributed by atoms with Crippen LogP contribution in [-0.4, -0.2) is 29.3 Å². The van der Waals surface area contributed by atoms with Gasteiger partial charge in [-0.1, -0.05) is 0 Å². The van der Waals surface area contributed by atoms with Gasteiger partial charge in [0.2, 0.25) is 0 Å². The molecule has 0 radical (unpaired) electrons. The first kappa shape index (κ1) is 15.4.